The van der Waals surface area contributed by atoms with Crippen molar-refractivity contribution in [3.8, 4) is 28.8 Å². The number of nitriles is 1. The average molecular weight is 433 g/mol. The lowest BCUT2D eigenvalue weighted by molar-refractivity contribution is -0.142. The minimum atomic E-state index is -0.576. The Hall–Kier alpha value is -4.65. The van der Waals surface area contributed by atoms with Crippen molar-refractivity contribution in [2.24, 2.45) is 5.10 Å². The van der Waals surface area contributed by atoms with Gasteiger partial charge in [-0.1, -0.05) is 30.3 Å². The van der Waals surface area contributed by atoms with Crippen LogP contribution in [0.1, 0.15) is 11.1 Å². The number of esters is 1. The summed E-state index contributed by atoms with van der Waals surface area (Å²) in [6.45, 7) is -0.247. The van der Waals surface area contributed by atoms with E-state index in [9.17, 15) is 14.9 Å². The molecule has 2 aromatic carbocycles. The highest BCUT2D eigenvalue weighted by molar-refractivity contribution is 5.81. The number of hydrogen-bond donors (Lipinski definition) is 2. The number of carbonyl (C=O) groups is 1. The Morgan fingerprint density at radius 3 is 2.69 bits per heavy atom. The molecule has 0 atom stereocenters. The molecule has 3 rings (SSSR count). The number of benzene rings is 2. The van der Waals surface area contributed by atoms with E-state index in [0.717, 1.165) is 0 Å². The summed E-state index contributed by atoms with van der Waals surface area (Å²) in [5.74, 6) is 0.331. The standard InChI is InChI=1S/C22H19N5O5/c1-30-18-10-14(8-9-17(18)32-13-19(28)31-2)12-24-27-22-25-20(15-6-4-3-5-7-15)16(11-23)21(29)26-22/h3-10,12H,13H2,1-2H3,(H2,25,26,27,29). The summed E-state index contributed by atoms with van der Waals surface area (Å²) in [6, 6.07) is 15.8. The van der Waals surface area contributed by atoms with E-state index in [-0.39, 0.29) is 23.8 Å². The molecule has 2 N–H and O–H groups in total. The molecule has 10 heteroatoms. The van der Waals surface area contributed by atoms with Gasteiger partial charge in [-0.3, -0.25) is 9.78 Å². The Labute approximate surface area is 183 Å². The number of methoxy groups -OCH3 is 2. The number of H-pyrrole nitrogens is 1. The molecule has 0 bridgehead atoms. The molecule has 0 aliphatic carbocycles. The fourth-order valence-electron chi connectivity index (χ4n) is 2.68. The number of hydrogen-bond acceptors (Lipinski definition) is 9. The van der Waals surface area contributed by atoms with Gasteiger partial charge in [-0.05, 0) is 23.8 Å². The summed E-state index contributed by atoms with van der Waals surface area (Å²) >= 11 is 0. The van der Waals surface area contributed by atoms with Crippen molar-refractivity contribution < 1.29 is 19.0 Å². The zero-order valence-electron chi connectivity index (χ0n) is 17.3. The number of hydrazone groups is 1. The van der Waals surface area contributed by atoms with Crippen molar-refractivity contribution in [2.45, 2.75) is 0 Å². The molecule has 0 fully saturated rings. The van der Waals surface area contributed by atoms with E-state index in [4.69, 9.17) is 9.47 Å². The van der Waals surface area contributed by atoms with Crippen LogP contribution in [0.3, 0.4) is 0 Å². The minimum Gasteiger partial charge on any atom is -0.493 e. The molecule has 0 spiro atoms. The topological polar surface area (TPSA) is 139 Å². The van der Waals surface area contributed by atoms with E-state index < -0.39 is 11.5 Å². The van der Waals surface area contributed by atoms with E-state index in [1.54, 1.807) is 42.5 Å². The predicted molar refractivity (Wildman–Crippen MR) is 117 cm³/mol. The number of aromatic amines is 1. The van der Waals surface area contributed by atoms with Crippen molar-refractivity contribution in [2.75, 3.05) is 26.3 Å². The highest BCUT2D eigenvalue weighted by Crippen LogP contribution is 2.27. The SMILES string of the molecule is COC(=O)COc1ccc(C=NNc2nc(-c3ccccc3)c(C#N)c(=O)[nH]2)cc1OC. The zero-order valence-corrected chi connectivity index (χ0v) is 17.3. The van der Waals surface area contributed by atoms with Gasteiger partial charge in [0.15, 0.2) is 18.1 Å². The largest absolute Gasteiger partial charge is 0.493 e. The third-order valence-electron chi connectivity index (χ3n) is 4.22. The lowest BCUT2D eigenvalue weighted by Gasteiger charge is -2.10. The maximum absolute atomic E-state index is 12.3. The molecule has 32 heavy (non-hydrogen) atoms. The van der Waals surface area contributed by atoms with Crippen LogP contribution < -0.4 is 20.5 Å². The van der Waals surface area contributed by atoms with Gasteiger partial charge in [-0.25, -0.2) is 15.2 Å². The quantitative estimate of drug-likeness (QED) is 0.313. The number of carbonyl (C=O) groups excluding carboxylic acids is 1. The second-order valence-electron chi connectivity index (χ2n) is 6.26. The van der Waals surface area contributed by atoms with Crippen molar-refractivity contribution >= 4 is 18.1 Å². The van der Waals surface area contributed by atoms with Crippen LogP contribution in [0.5, 0.6) is 11.5 Å². The Morgan fingerprint density at radius 1 is 1.22 bits per heavy atom. The molecule has 3 aromatic rings. The number of nitrogens with zero attached hydrogens (tertiary/aromatic N) is 3. The number of aromatic nitrogens is 2. The fourth-order valence-corrected chi connectivity index (χ4v) is 2.68. The monoisotopic (exact) mass is 433 g/mol. The minimum absolute atomic E-state index is 0.0779. The fraction of sp³-hybridized carbons (Fsp3) is 0.136. The molecule has 1 heterocycles. The van der Waals surface area contributed by atoms with Gasteiger partial charge < -0.3 is 14.2 Å². The molecule has 0 aliphatic heterocycles. The summed E-state index contributed by atoms with van der Waals surface area (Å²) in [6.07, 6.45) is 1.48. The number of ether oxygens (including phenoxy) is 3. The highest BCUT2D eigenvalue weighted by atomic mass is 16.6. The van der Waals surface area contributed by atoms with Crippen LogP contribution in [0.25, 0.3) is 11.3 Å². The first-order valence-electron chi connectivity index (χ1n) is 9.32. The third kappa shape index (κ3) is 5.28. The van der Waals surface area contributed by atoms with Gasteiger partial charge in [0.25, 0.3) is 5.56 Å². The Bertz CT molecular complexity index is 1230. The maximum Gasteiger partial charge on any atom is 0.343 e. The number of rotatable bonds is 8. The van der Waals surface area contributed by atoms with Crippen LogP contribution in [0.2, 0.25) is 0 Å². The van der Waals surface area contributed by atoms with Crippen LogP contribution in [0.4, 0.5) is 5.95 Å². The number of nitrogens with one attached hydrogen (secondary N) is 2. The second kappa shape index (κ2) is 10.4. The van der Waals surface area contributed by atoms with E-state index >= 15 is 0 Å². The van der Waals surface area contributed by atoms with Crippen LogP contribution in [-0.2, 0) is 9.53 Å². The van der Waals surface area contributed by atoms with Gasteiger partial charge in [0.05, 0.1) is 26.1 Å². The van der Waals surface area contributed by atoms with E-state index in [2.05, 4.69) is 25.2 Å². The number of anilines is 1. The lowest BCUT2D eigenvalue weighted by atomic mass is 10.1. The van der Waals surface area contributed by atoms with Gasteiger partial charge >= 0.3 is 5.97 Å². The van der Waals surface area contributed by atoms with Crippen molar-refractivity contribution in [3.05, 3.63) is 70.0 Å². The lowest BCUT2D eigenvalue weighted by Crippen LogP contribution is -2.16. The Balaban J connectivity index is 1.79. The third-order valence-corrected chi connectivity index (χ3v) is 4.22. The first-order chi connectivity index (χ1) is 15.5. The normalized spacial score (nSPS) is 10.4. The predicted octanol–water partition coefficient (Wildman–Crippen LogP) is 2.31. The van der Waals surface area contributed by atoms with Crippen LogP contribution in [-0.4, -0.2) is 43.0 Å². The molecular formula is C22H19N5O5. The molecule has 0 radical (unpaired) electrons. The summed E-state index contributed by atoms with van der Waals surface area (Å²) in [5, 5.41) is 13.4. The molecule has 162 valence electrons. The zero-order chi connectivity index (χ0) is 22.9. The van der Waals surface area contributed by atoms with E-state index in [1.165, 1.54) is 20.4 Å². The first kappa shape index (κ1) is 22.0. The molecule has 0 aliphatic rings. The van der Waals surface area contributed by atoms with Gasteiger partial charge in [-0.2, -0.15) is 10.4 Å². The van der Waals surface area contributed by atoms with Gasteiger partial charge in [-0.15, -0.1) is 0 Å². The van der Waals surface area contributed by atoms with Crippen LogP contribution in [0.15, 0.2) is 58.4 Å². The first-order valence-corrected chi connectivity index (χ1v) is 9.32. The summed E-state index contributed by atoms with van der Waals surface area (Å²) in [4.78, 5) is 30.3. The van der Waals surface area contributed by atoms with Gasteiger partial charge in [0.1, 0.15) is 11.6 Å². The Kier molecular flexibility index (Phi) is 7.16. The molecule has 0 saturated carbocycles. The van der Waals surface area contributed by atoms with E-state index in [0.29, 0.717) is 22.6 Å². The van der Waals surface area contributed by atoms with Gasteiger partial charge in [0.2, 0.25) is 5.95 Å². The van der Waals surface area contributed by atoms with Gasteiger partial charge in [0, 0.05) is 5.56 Å². The van der Waals surface area contributed by atoms with Crippen molar-refractivity contribution in [1.82, 2.24) is 9.97 Å². The summed E-state index contributed by atoms with van der Waals surface area (Å²) in [7, 11) is 2.74. The molecule has 1 aromatic heterocycles. The molecular weight excluding hydrogens is 414 g/mol. The molecule has 10 nitrogen and oxygen atoms in total. The van der Waals surface area contributed by atoms with E-state index in [1.807, 2.05) is 12.1 Å². The highest BCUT2D eigenvalue weighted by Gasteiger charge is 2.13. The smallest absolute Gasteiger partial charge is 0.343 e. The van der Waals surface area contributed by atoms with Crippen molar-refractivity contribution in [1.29, 1.82) is 5.26 Å². The second-order valence-corrected chi connectivity index (χ2v) is 6.26. The molecule has 0 saturated heterocycles. The average Bonchev–Trinajstić information content (AvgIpc) is 2.83. The Morgan fingerprint density at radius 2 is 2.00 bits per heavy atom. The molecule has 0 unspecified atom stereocenters. The van der Waals surface area contributed by atoms with Crippen LogP contribution >= 0.6 is 0 Å². The maximum atomic E-state index is 12.3. The summed E-state index contributed by atoms with van der Waals surface area (Å²) < 4.78 is 15.2. The van der Waals surface area contributed by atoms with Crippen LogP contribution in [0, 0.1) is 11.3 Å². The molecule has 0 amide bonds. The van der Waals surface area contributed by atoms with Crippen molar-refractivity contribution in [3.63, 3.8) is 0 Å². The summed E-state index contributed by atoms with van der Waals surface area (Å²) in [5.41, 5.74) is 3.53.